The lowest BCUT2D eigenvalue weighted by Crippen LogP contribution is -2.50. The lowest BCUT2D eigenvalue weighted by molar-refractivity contribution is -0.0618. The van der Waals surface area contributed by atoms with Gasteiger partial charge in [0.15, 0.2) is 5.60 Å². The van der Waals surface area contributed by atoms with Crippen molar-refractivity contribution in [1.82, 2.24) is 4.90 Å². The van der Waals surface area contributed by atoms with Gasteiger partial charge < -0.3 is 9.74 Å². The van der Waals surface area contributed by atoms with Crippen LogP contribution in [-0.2, 0) is 4.84 Å². The van der Waals surface area contributed by atoms with Gasteiger partial charge in [-0.15, -0.1) is 0 Å². The molecule has 1 aromatic rings. The van der Waals surface area contributed by atoms with E-state index >= 15 is 0 Å². The van der Waals surface area contributed by atoms with Gasteiger partial charge in [0.05, 0.1) is 12.3 Å². The second-order valence-electron chi connectivity index (χ2n) is 6.38. The van der Waals surface area contributed by atoms with Crippen molar-refractivity contribution in [3.8, 4) is 0 Å². The molecule has 4 nitrogen and oxygen atoms in total. The maximum Gasteiger partial charge on any atom is 0.253 e. The number of oxime groups is 1. The molecule has 1 fully saturated rings. The first-order chi connectivity index (χ1) is 10.1. The average molecular weight is 286 g/mol. The van der Waals surface area contributed by atoms with Crippen LogP contribution < -0.4 is 0 Å². The molecular formula is C17H22N2O2. The van der Waals surface area contributed by atoms with Gasteiger partial charge in [0, 0.05) is 18.5 Å². The predicted octanol–water partition coefficient (Wildman–Crippen LogP) is 3.09. The fourth-order valence-corrected chi connectivity index (χ4v) is 3.11. The van der Waals surface area contributed by atoms with E-state index in [1.165, 1.54) is 0 Å². The quantitative estimate of drug-likeness (QED) is 0.838. The van der Waals surface area contributed by atoms with E-state index in [4.69, 9.17) is 4.84 Å². The molecule has 1 aromatic carbocycles. The number of likely N-dealkylation sites (tertiary alicyclic amines) is 1. The van der Waals surface area contributed by atoms with Crippen molar-refractivity contribution in [3.05, 3.63) is 35.9 Å². The normalized spacial score (nSPS) is 25.1. The summed E-state index contributed by atoms with van der Waals surface area (Å²) in [7, 11) is 0. The predicted molar refractivity (Wildman–Crippen MR) is 82.3 cm³/mol. The van der Waals surface area contributed by atoms with Crippen LogP contribution in [-0.4, -0.2) is 35.2 Å². The molecule has 0 aliphatic carbocycles. The van der Waals surface area contributed by atoms with Gasteiger partial charge in [-0.1, -0.05) is 37.2 Å². The molecule has 112 valence electrons. The fourth-order valence-electron chi connectivity index (χ4n) is 3.11. The first kappa shape index (κ1) is 14.1. The van der Waals surface area contributed by atoms with Crippen LogP contribution in [0.15, 0.2) is 35.5 Å². The number of hydrogen-bond donors (Lipinski definition) is 0. The molecule has 0 bridgehead atoms. The Hall–Kier alpha value is -1.84. The number of amides is 1. The summed E-state index contributed by atoms with van der Waals surface area (Å²) in [6.45, 7) is 5.71. The largest absolute Gasteiger partial charge is 0.387 e. The minimum Gasteiger partial charge on any atom is -0.387 e. The second-order valence-corrected chi connectivity index (χ2v) is 6.38. The van der Waals surface area contributed by atoms with Gasteiger partial charge in [-0.25, -0.2) is 0 Å². The Bertz CT molecular complexity index is 553. The van der Waals surface area contributed by atoms with Crippen molar-refractivity contribution < 1.29 is 9.63 Å². The minimum atomic E-state index is -0.289. The van der Waals surface area contributed by atoms with Crippen molar-refractivity contribution >= 4 is 11.6 Å². The molecule has 0 aromatic heterocycles. The van der Waals surface area contributed by atoms with Crippen LogP contribution in [0.2, 0.25) is 0 Å². The number of benzene rings is 1. The first-order valence-corrected chi connectivity index (χ1v) is 7.69. The number of rotatable bonds is 2. The zero-order valence-corrected chi connectivity index (χ0v) is 12.7. The number of hydrogen-bond acceptors (Lipinski definition) is 3. The number of carbonyl (C=O) groups is 1. The molecule has 1 spiro atoms. The highest BCUT2D eigenvalue weighted by Gasteiger charge is 2.44. The summed E-state index contributed by atoms with van der Waals surface area (Å²) in [5.74, 6) is 0.501. The zero-order valence-electron chi connectivity index (χ0n) is 12.7. The van der Waals surface area contributed by atoms with E-state index < -0.39 is 0 Å². The molecule has 0 N–H and O–H groups in total. The Morgan fingerprint density at radius 1 is 1.33 bits per heavy atom. The smallest absolute Gasteiger partial charge is 0.253 e. The highest BCUT2D eigenvalue weighted by Crippen LogP contribution is 2.35. The van der Waals surface area contributed by atoms with Gasteiger partial charge in [0.2, 0.25) is 0 Å². The number of carbonyl (C=O) groups excluding carboxylic acids is 1. The Labute approximate surface area is 125 Å². The minimum absolute atomic E-state index is 0.0938. The fraction of sp³-hybridized carbons (Fsp3) is 0.529. The third-order valence-electron chi connectivity index (χ3n) is 4.37. The van der Waals surface area contributed by atoms with Gasteiger partial charge in [-0.3, -0.25) is 4.79 Å². The molecule has 2 aliphatic heterocycles. The number of nitrogens with zero attached hydrogens (tertiary/aromatic N) is 2. The van der Waals surface area contributed by atoms with Crippen LogP contribution in [0.1, 0.15) is 43.5 Å². The van der Waals surface area contributed by atoms with Crippen molar-refractivity contribution in [2.45, 2.75) is 38.7 Å². The molecule has 3 rings (SSSR count). The van der Waals surface area contributed by atoms with Crippen molar-refractivity contribution in [2.75, 3.05) is 13.1 Å². The van der Waals surface area contributed by atoms with E-state index in [9.17, 15) is 4.79 Å². The van der Waals surface area contributed by atoms with Crippen LogP contribution in [0.25, 0.3) is 0 Å². The maximum absolute atomic E-state index is 12.6. The molecule has 1 amide bonds. The third kappa shape index (κ3) is 2.80. The van der Waals surface area contributed by atoms with E-state index in [0.717, 1.165) is 37.1 Å². The van der Waals surface area contributed by atoms with Gasteiger partial charge in [0.1, 0.15) is 0 Å². The Morgan fingerprint density at radius 2 is 2.10 bits per heavy atom. The second kappa shape index (κ2) is 5.51. The molecule has 1 saturated heterocycles. The zero-order chi connectivity index (χ0) is 14.9. The summed E-state index contributed by atoms with van der Waals surface area (Å²) in [5, 5.41) is 4.26. The Morgan fingerprint density at radius 3 is 2.76 bits per heavy atom. The van der Waals surface area contributed by atoms with E-state index in [1.807, 2.05) is 35.2 Å². The summed E-state index contributed by atoms with van der Waals surface area (Å²) in [4.78, 5) is 20.3. The monoisotopic (exact) mass is 286 g/mol. The van der Waals surface area contributed by atoms with E-state index in [0.29, 0.717) is 12.5 Å². The first-order valence-electron chi connectivity index (χ1n) is 7.69. The molecule has 4 heteroatoms. The maximum atomic E-state index is 12.6. The Balaban J connectivity index is 1.71. The molecule has 1 atom stereocenters. The van der Waals surface area contributed by atoms with Crippen LogP contribution in [0.3, 0.4) is 0 Å². The van der Waals surface area contributed by atoms with Crippen molar-refractivity contribution in [3.63, 3.8) is 0 Å². The molecule has 0 radical (unpaired) electrons. The standard InChI is InChI=1S/C17H22N2O2/c1-13(2)15-11-17(21-18-15)9-6-10-19(12-17)16(20)14-7-4-3-5-8-14/h3-5,7-8,13H,6,9-12H2,1-2H3. The Kier molecular flexibility index (Phi) is 3.70. The van der Waals surface area contributed by atoms with Gasteiger partial charge in [-0.2, -0.15) is 0 Å². The van der Waals surface area contributed by atoms with Gasteiger partial charge in [-0.05, 0) is 30.9 Å². The van der Waals surface area contributed by atoms with E-state index in [-0.39, 0.29) is 11.5 Å². The van der Waals surface area contributed by atoms with E-state index in [1.54, 1.807) is 0 Å². The molecule has 21 heavy (non-hydrogen) atoms. The third-order valence-corrected chi connectivity index (χ3v) is 4.37. The van der Waals surface area contributed by atoms with Gasteiger partial charge >= 0.3 is 0 Å². The summed E-state index contributed by atoms with van der Waals surface area (Å²) < 4.78 is 0. The summed E-state index contributed by atoms with van der Waals surface area (Å²) in [5.41, 5.74) is 1.57. The molecule has 0 saturated carbocycles. The highest BCUT2D eigenvalue weighted by molar-refractivity contribution is 5.94. The van der Waals surface area contributed by atoms with Crippen molar-refractivity contribution in [2.24, 2.45) is 11.1 Å². The molecule has 1 unspecified atom stereocenters. The number of piperidine rings is 1. The topological polar surface area (TPSA) is 41.9 Å². The molecular weight excluding hydrogens is 264 g/mol. The average Bonchev–Trinajstić information content (AvgIpc) is 2.91. The summed E-state index contributed by atoms with van der Waals surface area (Å²) in [6.07, 6.45) is 2.80. The lowest BCUT2D eigenvalue weighted by Gasteiger charge is -2.38. The van der Waals surface area contributed by atoms with Crippen molar-refractivity contribution in [1.29, 1.82) is 0 Å². The van der Waals surface area contributed by atoms with Crippen LogP contribution in [0.4, 0.5) is 0 Å². The van der Waals surface area contributed by atoms with Crippen LogP contribution in [0, 0.1) is 5.92 Å². The molecule has 2 aliphatic rings. The summed E-state index contributed by atoms with van der Waals surface area (Å²) >= 11 is 0. The lowest BCUT2D eigenvalue weighted by atomic mass is 9.85. The van der Waals surface area contributed by atoms with Crippen LogP contribution in [0.5, 0.6) is 0 Å². The van der Waals surface area contributed by atoms with Crippen LogP contribution >= 0.6 is 0 Å². The molecule has 2 heterocycles. The van der Waals surface area contributed by atoms with Gasteiger partial charge in [0.25, 0.3) is 5.91 Å². The SMILES string of the molecule is CC(C)C1=NOC2(CCCN(C(=O)c3ccccc3)C2)C1. The van der Waals surface area contributed by atoms with E-state index in [2.05, 4.69) is 19.0 Å². The highest BCUT2D eigenvalue weighted by atomic mass is 16.7. The summed E-state index contributed by atoms with van der Waals surface area (Å²) in [6, 6.07) is 9.47.